The van der Waals surface area contributed by atoms with Crippen molar-refractivity contribution in [3.05, 3.63) is 12.7 Å². The van der Waals surface area contributed by atoms with Crippen LogP contribution in [0.3, 0.4) is 0 Å². The van der Waals surface area contributed by atoms with Crippen LogP contribution in [0.15, 0.2) is 12.7 Å². The largest absolute Gasteiger partial charge is 0.480 e. The van der Waals surface area contributed by atoms with Gasteiger partial charge in [-0.2, -0.15) is 11.8 Å². The molecule has 0 aromatic rings. The van der Waals surface area contributed by atoms with Gasteiger partial charge in [-0.05, 0) is 5.92 Å². The molecule has 0 aromatic heterocycles. The van der Waals surface area contributed by atoms with Crippen LogP contribution in [0.4, 0.5) is 4.79 Å². The van der Waals surface area contributed by atoms with Crippen LogP contribution >= 0.6 is 11.8 Å². The third-order valence-corrected chi connectivity index (χ3v) is 3.50. The van der Waals surface area contributed by atoms with Crippen LogP contribution in [0.25, 0.3) is 0 Å². The first-order valence-corrected chi connectivity index (χ1v) is 7.14. The van der Waals surface area contributed by atoms with Gasteiger partial charge in [0.25, 0.3) is 0 Å². The molecule has 18 heavy (non-hydrogen) atoms. The summed E-state index contributed by atoms with van der Waals surface area (Å²) >= 11 is 1.65. The average Bonchev–Trinajstić information content (AvgIpc) is 2.34. The molecule has 0 heterocycles. The Morgan fingerprint density at radius 2 is 2.17 bits per heavy atom. The van der Waals surface area contributed by atoms with Crippen molar-refractivity contribution in [2.45, 2.75) is 26.3 Å². The number of nitrogens with one attached hydrogen (secondary N) is 2. The molecule has 0 saturated heterocycles. The molecule has 2 atom stereocenters. The first-order valence-electron chi connectivity index (χ1n) is 5.98. The second-order valence-corrected chi connectivity index (χ2v) is 5.12. The normalized spacial score (nSPS) is 13.4. The lowest BCUT2D eigenvalue weighted by atomic mass is 9.99. The van der Waals surface area contributed by atoms with E-state index in [0.717, 1.165) is 11.5 Å². The van der Waals surface area contributed by atoms with Crippen molar-refractivity contribution in [3.63, 3.8) is 0 Å². The van der Waals surface area contributed by atoms with E-state index in [4.69, 9.17) is 5.11 Å². The van der Waals surface area contributed by atoms with Crippen LogP contribution in [0.1, 0.15) is 20.3 Å². The fourth-order valence-electron chi connectivity index (χ4n) is 1.28. The minimum absolute atomic E-state index is 0.0941. The van der Waals surface area contributed by atoms with E-state index < -0.39 is 18.0 Å². The van der Waals surface area contributed by atoms with E-state index in [2.05, 4.69) is 17.2 Å². The Labute approximate surface area is 112 Å². The lowest BCUT2D eigenvalue weighted by molar-refractivity contribution is -0.140. The number of rotatable bonds is 9. The molecule has 0 aliphatic heterocycles. The van der Waals surface area contributed by atoms with E-state index in [0.29, 0.717) is 13.0 Å². The van der Waals surface area contributed by atoms with Gasteiger partial charge >= 0.3 is 12.0 Å². The molecular formula is C12H22N2O3S. The minimum Gasteiger partial charge on any atom is -0.480 e. The van der Waals surface area contributed by atoms with E-state index in [1.165, 1.54) is 0 Å². The van der Waals surface area contributed by atoms with Crippen molar-refractivity contribution >= 4 is 23.8 Å². The molecule has 6 heteroatoms. The lowest BCUT2D eigenvalue weighted by Crippen LogP contribution is -2.49. The number of carbonyl (C=O) groups excluding carboxylic acids is 1. The summed E-state index contributed by atoms with van der Waals surface area (Å²) in [5.74, 6) is 0.526. The fraction of sp³-hybridized carbons (Fsp3) is 0.667. The molecule has 0 aliphatic carbocycles. The van der Waals surface area contributed by atoms with E-state index in [-0.39, 0.29) is 5.92 Å². The maximum absolute atomic E-state index is 11.5. The average molecular weight is 274 g/mol. The van der Waals surface area contributed by atoms with Gasteiger partial charge in [-0.15, -0.1) is 6.58 Å². The number of carboxylic acid groups (broad SMARTS) is 1. The Balaban J connectivity index is 3.95. The summed E-state index contributed by atoms with van der Waals surface area (Å²) in [7, 11) is 0. The summed E-state index contributed by atoms with van der Waals surface area (Å²) in [6.07, 6.45) is 2.50. The molecule has 0 saturated carbocycles. The van der Waals surface area contributed by atoms with Gasteiger partial charge in [-0.25, -0.2) is 9.59 Å². The van der Waals surface area contributed by atoms with E-state index in [1.54, 1.807) is 24.8 Å². The Morgan fingerprint density at radius 3 is 2.67 bits per heavy atom. The summed E-state index contributed by atoms with van der Waals surface area (Å²) in [5.41, 5.74) is 0. The molecule has 1 unspecified atom stereocenters. The Morgan fingerprint density at radius 1 is 1.50 bits per heavy atom. The fourth-order valence-corrected chi connectivity index (χ4v) is 1.86. The van der Waals surface area contributed by atoms with Crippen molar-refractivity contribution < 1.29 is 14.7 Å². The molecule has 0 bridgehead atoms. The molecular weight excluding hydrogens is 252 g/mol. The zero-order valence-electron chi connectivity index (χ0n) is 10.9. The SMILES string of the molecule is C=CCSCCNC(=O)N[C@H](C(=O)O)C(C)CC. The molecule has 0 rings (SSSR count). The zero-order chi connectivity index (χ0) is 14.0. The van der Waals surface area contributed by atoms with Crippen LogP contribution in [-0.4, -0.2) is 41.2 Å². The summed E-state index contributed by atoms with van der Waals surface area (Å²) in [5, 5.41) is 14.1. The van der Waals surface area contributed by atoms with Gasteiger partial charge in [0.05, 0.1) is 0 Å². The van der Waals surface area contributed by atoms with E-state index in [9.17, 15) is 9.59 Å². The number of amides is 2. The number of urea groups is 1. The molecule has 0 spiro atoms. The number of aliphatic carboxylic acids is 1. The van der Waals surface area contributed by atoms with Crippen LogP contribution in [0.2, 0.25) is 0 Å². The highest BCUT2D eigenvalue weighted by molar-refractivity contribution is 7.99. The number of hydrogen-bond acceptors (Lipinski definition) is 3. The van der Waals surface area contributed by atoms with Gasteiger partial charge in [0.1, 0.15) is 6.04 Å². The van der Waals surface area contributed by atoms with Crippen molar-refractivity contribution in [2.75, 3.05) is 18.1 Å². The second kappa shape index (κ2) is 9.82. The molecule has 3 N–H and O–H groups in total. The first-order chi connectivity index (χ1) is 8.52. The van der Waals surface area contributed by atoms with Gasteiger partial charge in [0.15, 0.2) is 0 Å². The van der Waals surface area contributed by atoms with E-state index in [1.807, 2.05) is 6.92 Å². The van der Waals surface area contributed by atoms with Crippen molar-refractivity contribution in [1.82, 2.24) is 10.6 Å². The Bertz CT molecular complexity index is 284. The third-order valence-electron chi connectivity index (χ3n) is 2.53. The van der Waals surface area contributed by atoms with Gasteiger partial charge < -0.3 is 15.7 Å². The second-order valence-electron chi connectivity index (χ2n) is 3.97. The summed E-state index contributed by atoms with van der Waals surface area (Å²) in [6, 6.07) is -1.27. The predicted octanol–water partition coefficient (Wildman–Crippen LogP) is 1.70. The standard InChI is InChI=1S/C12H22N2O3S/c1-4-7-18-8-6-13-12(17)14-10(11(15)16)9(3)5-2/h4,9-10H,1,5-8H2,2-3H3,(H,15,16)(H2,13,14,17)/t9?,10-/m0/s1. The van der Waals surface area contributed by atoms with Crippen LogP contribution in [0, 0.1) is 5.92 Å². The Kier molecular flexibility index (Phi) is 9.18. The summed E-state index contributed by atoms with van der Waals surface area (Å²) in [6.45, 7) is 7.81. The quantitative estimate of drug-likeness (QED) is 0.442. The van der Waals surface area contributed by atoms with Gasteiger partial charge in [-0.3, -0.25) is 0 Å². The van der Waals surface area contributed by atoms with E-state index >= 15 is 0 Å². The van der Waals surface area contributed by atoms with Crippen LogP contribution in [0.5, 0.6) is 0 Å². The molecule has 5 nitrogen and oxygen atoms in total. The molecule has 0 fully saturated rings. The Hall–Kier alpha value is -1.17. The van der Waals surface area contributed by atoms with Crippen molar-refractivity contribution in [2.24, 2.45) is 5.92 Å². The van der Waals surface area contributed by atoms with Gasteiger partial charge in [0, 0.05) is 18.1 Å². The lowest BCUT2D eigenvalue weighted by Gasteiger charge is -2.20. The maximum Gasteiger partial charge on any atom is 0.326 e. The minimum atomic E-state index is -1.000. The number of carboxylic acids is 1. The van der Waals surface area contributed by atoms with Crippen LogP contribution < -0.4 is 10.6 Å². The van der Waals surface area contributed by atoms with Crippen LogP contribution in [-0.2, 0) is 4.79 Å². The summed E-state index contributed by atoms with van der Waals surface area (Å²) in [4.78, 5) is 22.5. The number of carbonyl (C=O) groups is 2. The van der Waals surface area contributed by atoms with Crippen molar-refractivity contribution in [1.29, 1.82) is 0 Å². The molecule has 2 amide bonds. The molecule has 0 aromatic carbocycles. The monoisotopic (exact) mass is 274 g/mol. The third kappa shape index (κ3) is 7.21. The smallest absolute Gasteiger partial charge is 0.326 e. The predicted molar refractivity (Wildman–Crippen MR) is 74.9 cm³/mol. The number of hydrogen-bond donors (Lipinski definition) is 3. The first kappa shape index (κ1) is 16.8. The molecule has 104 valence electrons. The maximum atomic E-state index is 11.5. The highest BCUT2D eigenvalue weighted by Crippen LogP contribution is 2.07. The molecule has 0 aliphatic rings. The molecule has 0 radical (unpaired) electrons. The van der Waals surface area contributed by atoms with Crippen molar-refractivity contribution in [3.8, 4) is 0 Å². The highest BCUT2D eigenvalue weighted by Gasteiger charge is 2.24. The van der Waals surface area contributed by atoms with Gasteiger partial charge in [-0.1, -0.05) is 26.3 Å². The number of thioether (sulfide) groups is 1. The summed E-state index contributed by atoms with van der Waals surface area (Å²) < 4.78 is 0. The van der Waals surface area contributed by atoms with Gasteiger partial charge in [0.2, 0.25) is 0 Å². The topological polar surface area (TPSA) is 78.4 Å². The highest BCUT2D eigenvalue weighted by atomic mass is 32.2. The zero-order valence-corrected chi connectivity index (χ0v) is 11.8.